The van der Waals surface area contributed by atoms with E-state index in [1.165, 1.54) is 0 Å². The van der Waals surface area contributed by atoms with Crippen LogP contribution in [0.15, 0.2) is 41.2 Å². The van der Waals surface area contributed by atoms with Crippen LogP contribution >= 0.6 is 11.6 Å². The molecule has 10 heteroatoms. The number of fused-ring (bicyclic) bond motifs is 1. The minimum atomic E-state index is -0.301. The number of aryl methyl sites for hydroxylation is 1. The van der Waals surface area contributed by atoms with Gasteiger partial charge in [-0.3, -0.25) is 14.5 Å². The number of nitriles is 1. The van der Waals surface area contributed by atoms with Crippen LogP contribution in [0.1, 0.15) is 67.2 Å². The third-order valence-electron chi connectivity index (χ3n) is 8.95. The number of hydrogen-bond acceptors (Lipinski definition) is 6. The molecule has 0 spiro atoms. The van der Waals surface area contributed by atoms with Crippen LogP contribution in [0.5, 0.6) is 0 Å². The van der Waals surface area contributed by atoms with Crippen molar-refractivity contribution in [2.45, 2.75) is 58.5 Å². The third kappa shape index (κ3) is 4.11. The van der Waals surface area contributed by atoms with Crippen molar-refractivity contribution < 1.29 is 9.59 Å². The van der Waals surface area contributed by atoms with Crippen LogP contribution in [0.25, 0.3) is 0 Å². The van der Waals surface area contributed by atoms with Crippen LogP contribution < -0.4 is 10.2 Å². The Kier molecular flexibility index (Phi) is 5.91. The summed E-state index contributed by atoms with van der Waals surface area (Å²) in [5, 5.41) is 21.7. The summed E-state index contributed by atoms with van der Waals surface area (Å²) in [6.45, 7) is 6.79. The summed E-state index contributed by atoms with van der Waals surface area (Å²) in [6, 6.07) is 4.19. The first kappa shape index (κ1) is 24.8. The minimum Gasteiger partial charge on any atom is -0.348 e. The molecule has 2 amide bonds. The summed E-state index contributed by atoms with van der Waals surface area (Å²) in [7, 11) is 0. The van der Waals surface area contributed by atoms with Crippen LogP contribution in [0, 0.1) is 41.4 Å². The lowest BCUT2D eigenvalue weighted by molar-refractivity contribution is -0.118. The highest BCUT2D eigenvalue weighted by molar-refractivity contribution is 6.29. The van der Waals surface area contributed by atoms with E-state index >= 15 is 0 Å². The molecule has 4 aliphatic rings. The predicted molar refractivity (Wildman–Crippen MR) is 141 cm³/mol. The lowest BCUT2D eigenvalue weighted by Crippen LogP contribution is -2.50. The number of rotatable bonds is 6. The lowest BCUT2D eigenvalue weighted by atomic mass is 9.58. The number of anilines is 1. The smallest absolute Gasteiger partial charge is 0.273 e. The van der Waals surface area contributed by atoms with E-state index in [1.54, 1.807) is 23.2 Å². The summed E-state index contributed by atoms with van der Waals surface area (Å²) in [5.41, 5.74) is 2.58. The van der Waals surface area contributed by atoms with E-state index in [0.29, 0.717) is 12.3 Å². The van der Waals surface area contributed by atoms with Gasteiger partial charge in [0.2, 0.25) is 5.91 Å². The van der Waals surface area contributed by atoms with Gasteiger partial charge >= 0.3 is 0 Å². The first-order valence-corrected chi connectivity index (χ1v) is 13.5. The van der Waals surface area contributed by atoms with Gasteiger partial charge in [0, 0.05) is 40.7 Å². The van der Waals surface area contributed by atoms with Gasteiger partial charge in [-0.05, 0) is 80.7 Å². The summed E-state index contributed by atoms with van der Waals surface area (Å²) in [6.07, 6.45) is 10.3. The van der Waals surface area contributed by atoms with Gasteiger partial charge in [0.1, 0.15) is 5.82 Å². The molecule has 0 bridgehead atoms. The van der Waals surface area contributed by atoms with E-state index in [0.717, 1.165) is 53.4 Å². The first-order valence-electron chi connectivity index (χ1n) is 13.2. The number of carbonyl (C=O) groups excluding carboxylic acids is 2. The zero-order valence-electron chi connectivity index (χ0n) is 21.7. The van der Waals surface area contributed by atoms with Crippen molar-refractivity contribution in [3.63, 3.8) is 0 Å². The molecule has 1 saturated heterocycles. The minimum absolute atomic E-state index is 0.0234. The lowest BCUT2D eigenvalue weighted by Gasteiger charge is -2.48. The normalized spacial score (nSPS) is 30.5. The number of piperidine rings is 1. The van der Waals surface area contributed by atoms with Crippen LogP contribution in [0.2, 0.25) is 0 Å². The molecule has 2 aromatic rings. The zero-order chi connectivity index (χ0) is 26.8. The van der Waals surface area contributed by atoms with Crippen LogP contribution in [0.3, 0.4) is 0 Å². The molecule has 3 heterocycles. The molecule has 9 nitrogen and oxygen atoms in total. The Balaban J connectivity index is 1.07. The molecule has 0 radical (unpaired) electrons. The second-order valence-corrected chi connectivity index (χ2v) is 11.9. The van der Waals surface area contributed by atoms with E-state index in [-0.39, 0.29) is 46.8 Å². The van der Waals surface area contributed by atoms with Crippen molar-refractivity contribution in [2.24, 2.45) is 23.2 Å². The summed E-state index contributed by atoms with van der Waals surface area (Å²) < 4.78 is 1.66. The van der Waals surface area contributed by atoms with E-state index in [1.807, 2.05) is 30.9 Å². The number of aromatic nitrogens is 4. The number of amides is 2. The monoisotopic (exact) mass is 531 g/mol. The van der Waals surface area contributed by atoms with Crippen molar-refractivity contribution in [3.05, 3.63) is 58.0 Å². The van der Waals surface area contributed by atoms with Gasteiger partial charge in [-0.1, -0.05) is 23.7 Å². The van der Waals surface area contributed by atoms with Gasteiger partial charge in [-0.2, -0.15) is 5.26 Å². The van der Waals surface area contributed by atoms with Gasteiger partial charge in [0.25, 0.3) is 5.91 Å². The maximum atomic E-state index is 12.9. The molecule has 3 aliphatic carbocycles. The van der Waals surface area contributed by atoms with Gasteiger partial charge in [-0.25, -0.2) is 9.67 Å². The van der Waals surface area contributed by atoms with Crippen LogP contribution in [-0.4, -0.2) is 44.4 Å². The number of pyridine rings is 1. The van der Waals surface area contributed by atoms with E-state index < -0.39 is 0 Å². The Labute approximate surface area is 226 Å². The number of hydrogen-bond donors (Lipinski definition) is 1. The molecule has 38 heavy (non-hydrogen) atoms. The molecule has 1 N–H and O–H groups in total. The highest BCUT2D eigenvalue weighted by Gasteiger charge is 2.53. The Morgan fingerprint density at radius 3 is 2.79 bits per heavy atom. The quantitative estimate of drug-likeness (QED) is 0.600. The number of allylic oxidation sites excluding steroid dienone is 4. The standard InChI is InChI=1S/C28H30ClN7O2/c1-15-6-17(12-31-25(15)35-13-18-7-23(18)27(35)38)16(2)36-14-24(33-34-36)26(37)32-22-8-20(9-22)28(3)10-21(29)5-4-19(28)11-30/h4-6,12,14,16,18,20,22-23H,7-10,13H2,1-3H3,(H,32,37)/t16-,18+,20?,22?,23+,28?/m0/s1. The van der Waals surface area contributed by atoms with Crippen LogP contribution in [0.4, 0.5) is 5.82 Å². The maximum Gasteiger partial charge on any atom is 0.273 e. The molecule has 3 fully saturated rings. The zero-order valence-corrected chi connectivity index (χ0v) is 22.4. The van der Waals surface area contributed by atoms with Crippen molar-refractivity contribution >= 4 is 29.2 Å². The highest BCUT2D eigenvalue weighted by atomic mass is 35.5. The molecule has 1 unspecified atom stereocenters. The topological polar surface area (TPSA) is 117 Å². The maximum absolute atomic E-state index is 12.9. The molecule has 1 aliphatic heterocycles. The Morgan fingerprint density at radius 1 is 1.32 bits per heavy atom. The van der Waals surface area contributed by atoms with Crippen molar-refractivity contribution in [3.8, 4) is 6.07 Å². The number of carbonyl (C=O) groups is 2. The molecular weight excluding hydrogens is 502 g/mol. The highest BCUT2D eigenvalue weighted by Crippen LogP contribution is 2.52. The fourth-order valence-electron chi connectivity index (χ4n) is 6.20. The molecular formula is C28H30ClN7O2. The molecule has 2 saturated carbocycles. The van der Waals surface area contributed by atoms with Crippen LogP contribution in [-0.2, 0) is 4.79 Å². The third-order valence-corrected chi connectivity index (χ3v) is 9.21. The molecule has 2 aromatic heterocycles. The second kappa shape index (κ2) is 9.05. The Hall–Kier alpha value is -3.51. The number of nitrogens with zero attached hydrogens (tertiary/aromatic N) is 6. The molecule has 196 valence electrons. The number of nitrogens with one attached hydrogen (secondary N) is 1. The first-order chi connectivity index (χ1) is 18.2. The van der Waals surface area contributed by atoms with Gasteiger partial charge < -0.3 is 5.32 Å². The molecule has 0 aromatic carbocycles. The van der Waals surface area contributed by atoms with Gasteiger partial charge in [0.15, 0.2) is 5.69 Å². The van der Waals surface area contributed by atoms with E-state index in [9.17, 15) is 14.9 Å². The predicted octanol–water partition coefficient (Wildman–Crippen LogP) is 4.06. The average Bonchev–Trinajstić information content (AvgIpc) is 3.32. The summed E-state index contributed by atoms with van der Waals surface area (Å²) in [5.74, 6) is 1.62. The summed E-state index contributed by atoms with van der Waals surface area (Å²) in [4.78, 5) is 31.8. The SMILES string of the molecule is Cc1cc([C@H](C)n2cc(C(=O)NC3CC(C4(C)CC(Cl)=CC=C4C#N)C3)nn2)cnc1N1C[C@H]2C[C@H]2C1=O. The van der Waals surface area contributed by atoms with Crippen molar-refractivity contribution in [1.29, 1.82) is 5.26 Å². The van der Waals surface area contributed by atoms with Gasteiger partial charge in [-0.15, -0.1) is 5.10 Å². The van der Waals surface area contributed by atoms with E-state index in [4.69, 9.17) is 11.6 Å². The number of halogens is 1. The Morgan fingerprint density at radius 2 is 2.11 bits per heavy atom. The summed E-state index contributed by atoms with van der Waals surface area (Å²) >= 11 is 6.28. The second-order valence-electron chi connectivity index (χ2n) is 11.5. The Bertz CT molecular complexity index is 1430. The molecule has 6 rings (SSSR count). The van der Waals surface area contributed by atoms with Gasteiger partial charge in [0.05, 0.1) is 18.3 Å². The fraction of sp³-hybridized carbons (Fsp3) is 0.500. The van der Waals surface area contributed by atoms with E-state index in [2.05, 4.69) is 33.6 Å². The fourth-order valence-corrected chi connectivity index (χ4v) is 6.54. The van der Waals surface area contributed by atoms with Crippen molar-refractivity contribution in [2.75, 3.05) is 11.4 Å². The van der Waals surface area contributed by atoms with Crippen molar-refractivity contribution in [1.82, 2.24) is 25.3 Å². The molecule has 4 atom stereocenters. The average molecular weight is 532 g/mol. The largest absolute Gasteiger partial charge is 0.348 e.